The number of ether oxygens (including phenoxy) is 3. The summed E-state index contributed by atoms with van der Waals surface area (Å²) in [5.74, 6) is -0.880. The number of hydrogen-bond acceptors (Lipinski definition) is 6. The molecular weight excluding hydrogens is 673 g/mol. The zero-order valence-electron chi connectivity index (χ0n) is 36.0. The van der Waals surface area contributed by atoms with E-state index >= 15 is 0 Å². The Balaban J connectivity index is 4.36. The summed E-state index contributed by atoms with van der Waals surface area (Å²) >= 11 is 0. The molecule has 0 bridgehead atoms. The fraction of sp³-hybridized carbons (Fsp3) is 0.854. The molecule has 0 amide bonds. The van der Waals surface area contributed by atoms with E-state index in [1.165, 1.54) is 122 Å². The third kappa shape index (κ3) is 41.1. The molecule has 0 aromatic carbocycles. The molecule has 316 valence electrons. The van der Waals surface area contributed by atoms with E-state index in [1.54, 1.807) is 0 Å². The van der Waals surface area contributed by atoms with Crippen molar-refractivity contribution in [1.29, 1.82) is 0 Å². The SMILES string of the molecule is CC/C=C\C/C=C\CCCCCCCC(=O)OCC(COC(=O)CCCCCCCCCCCCCC)OC(=O)CCCCCCCCCCCCCC. The topological polar surface area (TPSA) is 78.9 Å². The average Bonchev–Trinajstić information content (AvgIpc) is 3.17. The van der Waals surface area contributed by atoms with E-state index in [-0.39, 0.29) is 31.1 Å². The highest BCUT2D eigenvalue weighted by atomic mass is 16.6. The molecule has 0 heterocycles. The Morgan fingerprint density at radius 3 is 1.11 bits per heavy atom. The molecule has 0 saturated carbocycles. The quantitative estimate of drug-likeness (QED) is 0.0267. The second-order valence-corrected chi connectivity index (χ2v) is 15.6. The van der Waals surface area contributed by atoms with Crippen molar-refractivity contribution >= 4 is 17.9 Å². The van der Waals surface area contributed by atoms with E-state index in [0.29, 0.717) is 19.3 Å². The van der Waals surface area contributed by atoms with Crippen molar-refractivity contribution < 1.29 is 28.6 Å². The molecule has 0 aliphatic rings. The second-order valence-electron chi connectivity index (χ2n) is 15.6. The molecule has 6 heteroatoms. The molecule has 0 saturated heterocycles. The molecule has 0 fully saturated rings. The van der Waals surface area contributed by atoms with Crippen LogP contribution in [0.3, 0.4) is 0 Å². The first-order chi connectivity index (χ1) is 26.5. The standard InChI is InChI=1S/C48H88O6/c1-4-7-10-13-16-19-22-25-28-31-34-37-40-46(49)52-43-45(54-48(51)42-39-36-33-30-27-24-21-18-15-12-9-6-3)44-53-47(50)41-38-35-32-29-26-23-20-17-14-11-8-5-2/h7,10,16,19,45H,4-6,8-9,11-15,17-18,20-44H2,1-3H3/b10-7-,19-16-. The molecule has 0 aromatic rings. The Kier molecular flexibility index (Phi) is 41.9. The van der Waals surface area contributed by atoms with E-state index in [9.17, 15) is 14.4 Å². The van der Waals surface area contributed by atoms with Gasteiger partial charge in [0.25, 0.3) is 0 Å². The van der Waals surface area contributed by atoms with Gasteiger partial charge in [0.1, 0.15) is 13.2 Å². The number of carbonyl (C=O) groups is 3. The normalized spacial score (nSPS) is 12.1. The number of carbonyl (C=O) groups excluding carboxylic acids is 3. The smallest absolute Gasteiger partial charge is 0.306 e. The van der Waals surface area contributed by atoms with Gasteiger partial charge in [-0.3, -0.25) is 14.4 Å². The lowest BCUT2D eigenvalue weighted by molar-refractivity contribution is -0.167. The number of hydrogen-bond donors (Lipinski definition) is 0. The molecule has 1 unspecified atom stereocenters. The molecule has 0 aromatic heterocycles. The summed E-state index contributed by atoms with van der Waals surface area (Å²) in [4.78, 5) is 37.7. The van der Waals surface area contributed by atoms with Crippen molar-refractivity contribution in [1.82, 2.24) is 0 Å². The fourth-order valence-electron chi connectivity index (χ4n) is 6.72. The summed E-state index contributed by atoms with van der Waals surface area (Å²) in [5.41, 5.74) is 0. The Labute approximate surface area is 334 Å². The highest BCUT2D eigenvalue weighted by molar-refractivity contribution is 5.71. The molecule has 0 rings (SSSR count). The van der Waals surface area contributed by atoms with Crippen LogP contribution in [0.15, 0.2) is 24.3 Å². The lowest BCUT2D eigenvalue weighted by Gasteiger charge is -2.18. The summed E-state index contributed by atoms with van der Waals surface area (Å²) in [7, 11) is 0. The number of esters is 3. The van der Waals surface area contributed by atoms with Crippen molar-refractivity contribution in [3.8, 4) is 0 Å². The maximum atomic E-state index is 12.7. The first kappa shape index (κ1) is 51.9. The summed E-state index contributed by atoms with van der Waals surface area (Å²) < 4.78 is 16.7. The molecule has 0 spiro atoms. The maximum absolute atomic E-state index is 12.7. The van der Waals surface area contributed by atoms with Gasteiger partial charge in [-0.2, -0.15) is 0 Å². The monoisotopic (exact) mass is 761 g/mol. The third-order valence-corrected chi connectivity index (χ3v) is 10.2. The molecule has 54 heavy (non-hydrogen) atoms. The van der Waals surface area contributed by atoms with Gasteiger partial charge in [0.2, 0.25) is 0 Å². The Bertz CT molecular complexity index is 880. The predicted octanol–water partition coefficient (Wildman–Crippen LogP) is 14.8. The largest absolute Gasteiger partial charge is 0.462 e. The zero-order valence-corrected chi connectivity index (χ0v) is 36.0. The lowest BCUT2D eigenvalue weighted by atomic mass is 10.0. The van der Waals surface area contributed by atoms with Crippen molar-refractivity contribution in [3.63, 3.8) is 0 Å². The van der Waals surface area contributed by atoms with Gasteiger partial charge in [0.05, 0.1) is 0 Å². The van der Waals surface area contributed by atoms with Gasteiger partial charge in [-0.15, -0.1) is 0 Å². The number of allylic oxidation sites excluding steroid dienone is 4. The number of rotatable bonds is 42. The Morgan fingerprint density at radius 1 is 0.389 bits per heavy atom. The molecule has 0 aliphatic carbocycles. The van der Waals surface area contributed by atoms with Gasteiger partial charge < -0.3 is 14.2 Å². The number of unbranched alkanes of at least 4 members (excludes halogenated alkanes) is 27. The van der Waals surface area contributed by atoms with Crippen LogP contribution in [0, 0.1) is 0 Å². The van der Waals surface area contributed by atoms with E-state index in [2.05, 4.69) is 45.1 Å². The van der Waals surface area contributed by atoms with Crippen LogP contribution in [-0.4, -0.2) is 37.2 Å². The van der Waals surface area contributed by atoms with Gasteiger partial charge in [-0.25, -0.2) is 0 Å². The molecule has 6 nitrogen and oxygen atoms in total. The molecule has 0 N–H and O–H groups in total. The summed E-state index contributed by atoms with van der Waals surface area (Å²) in [6.45, 7) is 6.52. The van der Waals surface area contributed by atoms with E-state index in [4.69, 9.17) is 14.2 Å². The Morgan fingerprint density at radius 2 is 0.722 bits per heavy atom. The summed E-state index contributed by atoms with van der Waals surface area (Å²) in [5, 5.41) is 0. The average molecular weight is 761 g/mol. The zero-order chi connectivity index (χ0) is 39.4. The molecular formula is C48H88O6. The highest BCUT2D eigenvalue weighted by Gasteiger charge is 2.19. The third-order valence-electron chi connectivity index (χ3n) is 10.2. The fourth-order valence-corrected chi connectivity index (χ4v) is 6.72. The van der Waals surface area contributed by atoms with Crippen LogP contribution in [0.2, 0.25) is 0 Å². The van der Waals surface area contributed by atoms with Crippen LogP contribution >= 0.6 is 0 Å². The summed E-state index contributed by atoms with van der Waals surface area (Å²) in [6.07, 6.45) is 47.3. The Hall–Kier alpha value is -2.11. The van der Waals surface area contributed by atoms with Crippen molar-refractivity contribution in [2.45, 2.75) is 252 Å². The van der Waals surface area contributed by atoms with Crippen LogP contribution in [0.25, 0.3) is 0 Å². The van der Waals surface area contributed by atoms with E-state index in [0.717, 1.165) is 83.5 Å². The minimum absolute atomic E-state index is 0.0715. The van der Waals surface area contributed by atoms with Gasteiger partial charge in [-0.1, -0.05) is 206 Å². The van der Waals surface area contributed by atoms with Crippen LogP contribution in [0.4, 0.5) is 0 Å². The first-order valence-electron chi connectivity index (χ1n) is 23.3. The second kappa shape index (κ2) is 43.6. The minimum Gasteiger partial charge on any atom is -0.462 e. The van der Waals surface area contributed by atoms with Gasteiger partial charge in [0.15, 0.2) is 6.10 Å². The molecule has 0 aliphatic heterocycles. The first-order valence-corrected chi connectivity index (χ1v) is 23.3. The van der Waals surface area contributed by atoms with Gasteiger partial charge in [0, 0.05) is 19.3 Å². The lowest BCUT2D eigenvalue weighted by Crippen LogP contribution is -2.30. The highest BCUT2D eigenvalue weighted by Crippen LogP contribution is 2.15. The minimum atomic E-state index is -0.768. The van der Waals surface area contributed by atoms with Crippen LogP contribution in [-0.2, 0) is 28.6 Å². The van der Waals surface area contributed by atoms with Crippen molar-refractivity contribution in [2.24, 2.45) is 0 Å². The summed E-state index contributed by atoms with van der Waals surface area (Å²) in [6, 6.07) is 0. The van der Waals surface area contributed by atoms with Gasteiger partial charge >= 0.3 is 17.9 Å². The van der Waals surface area contributed by atoms with E-state index in [1.807, 2.05) is 0 Å². The maximum Gasteiger partial charge on any atom is 0.306 e. The molecule has 1 atom stereocenters. The van der Waals surface area contributed by atoms with E-state index < -0.39 is 6.10 Å². The van der Waals surface area contributed by atoms with Gasteiger partial charge in [-0.05, 0) is 44.9 Å². The predicted molar refractivity (Wildman–Crippen MR) is 229 cm³/mol. The van der Waals surface area contributed by atoms with Crippen molar-refractivity contribution in [2.75, 3.05) is 13.2 Å². The van der Waals surface area contributed by atoms with Crippen LogP contribution < -0.4 is 0 Å². The van der Waals surface area contributed by atoms with Crippen LogP contribution in [0.5, 0.6) is 0 Å². The molecule has 0 radical (unpaired) electrons. The van der Waals surface area contributed by atoms with Crippen molar-refractivity contribution in [3.05, 3.63) is 24.3 Å². The van der Waals surface area contributed by atoms with Crippen LogP contribution in [0.1, 0.15) is 245 Å².